The first-order chi connectivity index (χ1) is 26.4. The minimum absolute atomic E-state index is 0.151. The Labute approximate surface area is 312 Å². The molecule has 4 N–H and O–H groups in total. The van der Waals surface area contributed by atoms with Gasteiger partial charge in [0.1, 0.15) is 35.5 Å². The van der Waals surface area contributed by atoms with Crippen LogP contribution in [0.3, 0.4) is 0 Å². The van der Waals surface area contributed by atoms with Crippen LogP contribution in [-0.4, -0.2) is 75.3 Å². The van der Waals surface area contributed by atoms with Crippen LogP contribution in [0.2, 0.25) is 0 Å². The highest BCUT2D eigenvalue weighted by Crippen LogP contribution is 2.35. The summed E-state index contributed by atoms with van der Waals surface area (Å²) in [6, 6.07) is 30.3. The highest BCUT2D eigenvalue weighted by atomic mass is 16.5. The summed E-state index contributed by atoms with van der Waals surface area (Å²) in [6.07, 6.45) is 3.48. The van der Waals surface area contributed by atoms with Gasteiger partial charge in [0.2, 0.25) is 0 Å². The largest absolute Gasteiger partial charge is 0.492 e. The van der Waals surface area contributed by atoms with Gasteiger partial charge in [-0.15, -0.1) is 0 Å². The molecule has 1 aliphatic heterocycles. The zero-order valence-electron chi connectivity index (χ0n) is 30.1. The molecule has 2 amide bonds. The standard InChI is InChI=1S/C41H41N9O4/c1-27(2)37-25-40(50(48-37)30-6-5-7-31(23-30)53-21-18-49-16-19-52-20-17-49)46-41(51)45-36-12-13-38(34-9-4-3-8-33(34)36)54-32-14-15-42-39(24-32)44-29-10-11-35-28(22-29)26-43-47-35/h3-15,22-27H,16-21H2,1-2H3,(H,42,44)(H,43,47)(H2,45,46,51). The summed E-state index contributed by atoms with van der Waals surface area (Å²) in [5.74, 6) is 3.31. The molecule has 0 unspecified atom stereocenters. The lowest BCUT2D eigenvalue weighted by Crippen LogP contribution is -2.38. The molecule has 54 heavy (non-hydrogen) atoms. The molecule has 0 atom stereocenters. The van der Waals surface area contributed by atoms with E-state index in [0.29, 0.717) is 35.4 Å². The molecule has 13 heteroatoms. The van der Waals surface area contributed by atoms with Crippen molar-refractivity contribution < 1.29 is 19.0 Å². The number of hydrogen-bond acceptors (Lipinski definition) is 9. The highest BCUT2D eigenvalue weighted by Gasteiger charge is 2.17. The number of morpholine rings is 1. The van der Waals surface area contributed by atoms with Crippen LogP contribution >= 0.6 is 0 Å². The molecule has 0 aliphatic carbocycles. The molecule has 0 saturated carbocycles. The van der Waals surface area contributed by atoms with E-state index in [-0.39, 0.29) is 5.92 Å². The van der Waals surface area contributed by atoms with Gasteiger partial charge in [-0.05, 0) is 54.4 Å². The predicted molar refractivity (Wildman–Crippen MR) is 211 cm³/mol. The first-order valence-electron chi connectivity index (χ1n) is 18.0. The number of anilines is 4. The van der Waals surface area contributed by atoms with Crippen molar-refractivity contribution in [3.05, 3.63) is 115 Å². The Morgan fingerprint density at radius 3 is 2.65 bits per heavy atom. The Balaban J connectivity index is 0.968. The molecule has 8 rings (SSSR count). The van der Waals surface area contributed by atoms with Gasteiger partial charge >= 0.3 is 6.03 Å². The van der Waals surface area contributed by atoms with Gasteiger partial charge in [-0.1, -0.05) is 44.2 Å². The second-order valence-corrected chi connectivity index (χ2v) is 13.3. The Morgan fingerprint density at radius 1 is 0.907 bits per heavy atom. The second kappa shape index (κ2) is 15.7. The minimum atomic E-state index is -0.401. The summed E-state index contributed by atoms with van der Waals surface area (Å²) >= 11 is 0. The number of benzene rings is 4. The molecule has 0 bridgehead atoms. The molecule has 1 saturated heterocycles. The van der Waals surface area contributed by atoms with Crippen molar-refractivity contribution in [2.45, 2.75) is 19.8 Å². The maximum Gasteiger partial charge on any atom is 0.324 e. The number of urea groups is 1. The summed E-state index contributed by atoms with van der Waals surface area (Å²) in [6.45, 7) is 8.87. The van der Waals surface area contributed by atoms with Crippen molar-refractivity contribution in [3.8, 4) is 22.9 Å². The number of aromatic amines is 1. The SMILES string of the molecule is CC(C)c1cc(NC(=O)Nc2ccc(Oc3ccnc(Nc4ccc5[nH]ncc5c4)c3)c3ccccc23)n(-c2cccc(OCCN3CCOCC3)c2)n1. The summed E-state index contributed by atoms with van der Waals surface area (Å²) in [7, 11) is 0. The third-order valence-corrected chi connectivity index (χ3v) is 9.21. The quantitative estimate of drug-likeness (QED) is 0.0979. The number of aromatic nitrogens is 5. The van der Waals surface area contributed by atoms with Gasteiger partial charge in [-0.25, -0.2) is 14.5 Å². The van der Waals surface area contributed by atoms with Gasteiger partial charge < -0.3 is 24.8 Å². The predicted octanol–water partition coefficient (Wildman–Crippen LogP) is 8.31. The maximum absolute atomic E-state index is 13.6. The Kier molecular flexibility index (Phi) is 10.0. The van der Waals surface area contributed by atoms with Gasteiger partial charge in [0.25, 0.3) is 0 Å². The van der Waals surface area contributed by atoms with E-state index >= 15 is 0 Å². The van der Waals surface area contributed by atoms with Crippen LogP contribution in [0.25, 0.3) is 27.4 Å². The molecule has 4 heterocycles. The number of fused-ring (bicyclic) bond motifs is 2. The zero-order chi connectivity index (χ0) is 36.9. The first-order valence-corrected chi connectivity index (χ1v) is 18.0. The normalized spacial score (nSPS) is 13.3. The Bertz CT molecular complexity index is 2400. The average Bonchev–Trinajstić information content (AvgIpc) is 3.84. The van der Waals surface area contributed by atoms with Crippen molar-refractivity contribution in [2.24, 2.45) is 0 Å². The van der Waals surface area contributed by atoms with Crippen LogP contribution < -0.4 is 25.4 Å². The average molecular weight is 724 g/mol. The van der Waals surface area contributed by atoms with Gasteiger partial charge in [0.05, 0.1) is 42.0 Å². The van der Waals surface area contributed by atoms with Gasteiger partial charge in [-0.3, -0.25) is 15.3 Å². The summed E-state index contributed by atoms with van der Waals surface area (Å²) in [4.78, 5) is 20.4. The van der Waals surface area contributed by atoms with Crippen LogP contribution in [-0.2, 0) is 4.74 Å². The molecule has 0 spiro atoms. The highest BCUT2D eigenvalue weighted by molar-refractivity contribution is 6.07. The van der Waals surface area contributed by atoms with E-state index in [2.05, 4.69) is 49.9 Å². The van der Waals surface area contributed by atoms with E-state index in [1.807, 2.05) is 91.0 Å². The van der Waals surface area contributed by atoms with Crippen LogP contribution in [0.1, 0.15) is 25.5 Å². The number of H-pyrrole nitrogens is 1. The smallest absolute Gasteiger partial charge is 0.324 e. The molecule has 13 nitrogen and oxygen atoms in total. The van der Waals surface area contributed by atoms with E-state index < -0.39 is 6.03 Å². The summed E-state index contributed by atoms with van der Waals surface area (Å²) in [5, 5.41) is 24.0. The van der Waals surface area contributed by atoms with Gasteiger partial charge in [-0.2, -0.15) is 10.2 Å². The van der Waals surface area contributed by atoms with E-state index in [0.717, 1.165) is 77.3 Å². The maximum atomic E-state index is 13.6. The van der Waals surface area contributed by atoms with Crippen LogP contribution in [0.4, 0.5) is 27.8 Å². The number of carbonyl (C=O) groups is 1. The number of hydrogen-bond donors (Lipinski definition) is 4. The summed E-state index contributed by atoms with van der Waals surface area (Å²) < 4.78 is 19.7. The lowest BCUT2D eigenvalue weighted by molar-refractivity contribution is 0.0322. The van der Waals surface area contributed by atoms with Crippen LogP contribution in [0, 0.1) is 0 Å². The van der Waals surface area contributed by atoms with Crippen molar-refractivity contribution in [1.82, 2.24) is 29.9 Å². The molecular formula is C41H41N9O4. The van der Waals surface area contributed by atoms with Crippen molar-refractivity contribution in [1.29, 1.82) is 0 Å². The number of nitrogens with zero attached hydrogens (tertiary/aromatic N) is 5. The fourth-order valence-electron chi connectivity index (χ4n) is 6.37. The third-order valence-electron chi connectivity index (χ3n) is 9.21. The number of ether oxygens (including phenoxy) is 3. The molecular weight excluding hydrogens is 683 g/mol. The number of pyridine rings is 1. The molecule has 7 aromatic rings. The molecule has 3 aromatic heterocycles. The Morgan fingerprint density at radius 2 is 1.78 bits per heavy atom. The van der Waals surface area contributed by atoms with E-state index in [1.165, 1.54) is 0 Å². The van der Waals surface area contributed by atoms with E-state index in [4.69, 9.17) is 19.3 Å². The Hall–Kier alpha value is -6.44. The van der Waals surface area contributed by atoms with Crippen molar-refractivity contribution in [3.63, 3.8) is 0 Å². The van der Waals surface area contributed by atoms with E-state index in [1.54, 1.807) is 23.1 Å². The number of nitrogens with one attached hydrogen (secondary N) is 4. The minimum Gasteiger partial charge on any atom is -0.492 e. The number of amides is 2. The molecule has 0 radical (unpaired) electrons. The fourth-order valence-corrected chi connectivity index (χ4v) is 6.37. The zero-order valence-corrected chi connectivity index (χ0v) is 30.1. The third kappa shape index (κ3) is 7.97. The topological polar surface area (TPSA) is 143 Å². The lowest BCUT2D eigenvalue weighted by Gasteiger charge is -2.26. The van der Waals surface area contributed by atoms with Crippen LogP contribution in [0.15, 0.2) is 109 Å². The number of carbonyl (C=O) groups excluding carboxylic acids is 1. The molecule has 1 aliphatic rings. The lowest BCUT2D eigenvalue weighted by atomic mass is 10.1. The van der Waals surface area contributed by atoms with Gasteiger partial charge in [0.15, 0.2) is 0 Å². The molecule has 274 valence electrons. The van der Waals surface area contributed by atoms with Crippen molar-refractivity contribution >= 4 is 50.7 Å². The first kappa shape index (κ1) is 34.6. The fraction of sp³-hybridized carbons (Fsp3) is 0.220. The molecule has 4 aromatic carbocycles. The van der Waals surface area contributed by atoms with E-state index in [9.17, 15) is 4.79 Å². The summed E-state index contributed by atoms with van der Waals surface area (Å²) in [5.41, 5.74) is 4.11. The second-order valence-electron chi connectivity index (χ2n) is 13.3. The monoisotopic (exact) mass is 723 g/mol. The van der Waals surface area contributed by atoms with Crippen LogP contribution in [0.5, 0.6) is 17.2 Å². The van der Waals surface area contributed by atoms with Gasteiger partial charge in [0, 0.05) is 65.9 Å². The molecule has 1 fully saturated rings. The van der Waals surface area contributed by atoms with Crippen molar-refractivity contribution in [2.75, 3.05) is 55.4 Å². The number of rotatable bonds is 12.